The molecule has 0 radical (unpaired) electrons. The molecule has 2 rings (SSSR count). The van der Waals surface area contributed by atoms with Crippen LogP contribution in [0, 0.1) is 0 Å². The largest absolute Gasteiger partial charge is 0.153 e. The number of benzene rings is 2. The van der Waals surface area contributed by atoms with Crippen molar-refractivity contribution >= 4 is 23.5 Å². The minimum Gasteiger partial charge on any atom is -0.153 e. The van der Waals surface area contributed by atoms with E-state index >= 15 is 0 Å². The second kappa shape index (κ2) is 8.43. The van der Waals surface area contributed by atoms with Gasteiger partial charge in [0, 0.05) is 10.5 Å². The van der Waals surface area contributed by atoms with Gasteiger partial charge in [-0.25, -0.2) is 0 Å². The first-order chi connectivity index (χ1) is 9.86. The Balaban J connectivity index is 2.33. The Morgan fingerprint density at radius 1 is 0.650 bits per heavy atom. The van der Waals surface area contributed by atoms with Gasteiger partial charge in [-0.3, -0.25) is 0 Å². The van der Waals surface area contributed by atoms with E-state index in [1.165, 1.54) is 11.1 Å². The van der Waals surface area contributed by atoms with Crippen molar-refractivity contribution in [1.29, 1.82) is 0 Å². The summed E-state index contributed by atoms with van der Waals surface area (Å²) >= 11 is 4.10. The molecule has 0 heterocycles. The van der Waals surface area contributed by atoms with E-state index in [9.17, 15) is 0 Å². The molecule has 2 aromatic rings. The van der Waals surface area contributed by atoms with Crippen molar-refractivity contribution in [3.05, 3.63) is 71.8 Å². The van der Waals surface area contributed by atoms with Gasteiger partial charge in [0.25, 0.3) is 0 Å². The maximum absolute atomic E-state index is 2.26. The van der Waals surface area contributed by atoms with Crippen LogP contribution < -0.4 is 0 Å². The summed E-state index contributed by atoms with van der Waals surface area (Å²) in [5.41, 5.74) is 2.88. The van der Waals surface area contributed by atoms with Crippen molar-refractivity contribution in [2.45, 2.75) is 24.3 Å². The van der Waals surface area contributed by atoms with Crippen LogP contribution in [0.5, 0.6) is 0 Å². The van der Waals surface area contributed by atoms with Gasteiger partial charge in [0.15, 0.2) is 0 Å². The fraction of sp³-hybridized carbons (Fsp3) is 0.333. The molecule has 0 aliphatic rings. The molecule has 0 N–H and O–H groups in total. The Bertz CT molecular complexity index is 434. The van der Waals surface area contributed by atoms with E-state index in [0.717, 1.165) is 11.5 Å². The van der Waals surface area contributed by atoms with Gasteiger partial charge in [-0.1, -0.05) is 74.5 Å². The molecule has 0 aromatic heterocycles. The quantitative estimate of drug-likeness (QED) is 0.617. The fourth-order valence-electron chi connectivity index (χ4n) is 2.36. The minimum atomic E-state index is 0.522. The highest BCUT2D eigenvalue weighted by molar-refractivity contribution is 8.03. The second-order valence-corrected chi connectivity index (χ2v) is 7.41. The molecule has 0 aliphatic carbocycles. The Labute approximate surface area is 131 Å². The normalized spacial score (nSPS) is 13.9. The van der Waals surface area contributed by atoms with Crippen molar-refractivity contribution in [3.63, 3.8) is 0 Å². The predicted molar refractivity (Wildman–Crippen MR) is 94.6 cm³/mol. The molecule has 2 heteroatoms. The Hall–Kier alpha value is -0.860. The predicted octanol–water partition coefficient (Wildman–Crippen LogP) is 5.98. The molecule has 0 amide bonds. The zero-order chi connectivity index (χ0) is 14.2. The summed E-state index contributed by atoms with van der Waals surface area (Å²) < 4.78 is 0. The van der Waals surface area contributed by atoms with Crippen LogP contribution in [-0.2, 0) is 0 Å². The Morgan fingerprint density at radius 3 is 1.30 bits per heavy atom. The van der Waals surface area contributed by atoms with Crippen LogP contribution in [-0.4, -0.2) is 11.5 Å². The SMILES string of the molecule is CCSC(c1ccccc1)C(SCC)c1ccccc1. The van der Waals surface area contributed by atoms with Gasteiger partial charge in [-0.2, -0.15) is 23.5 Å². The zero-order valence-electron chi connectivity index (χ0n) is 12.2. The Morgan fingerprint density at radius 2 is 1.00 bits per heavy atom. The van der Waals surface area contributed by atoms with Crippen molar-refractivity contribution in [2.75, 3.05) is 11.5 Å². The zero-order valence-corrected chi connectivity index (χ0v) is 13.8. The van der Waals surface area contributed by atoms with Gasteiger partial charge in [0.2, 0.25) is 0 Å². The molecule has 20 heavy (non-hydrogen) atoms. The highest BCUT2D eigenvalue weighted by atomic mass is 32.2. The average molecular weight is 303 g/mol. The van der Waals surface area contributed by atoms with E-state index in [1.807, 2.05) is 0 Å². The first-order valence-electron chi connectivity index (χ1n) is 7.20. The molecule has 0 bridgehead atoms. The lowest BCUT2D eigenvalue weighted by Gasteiger charge is -2.27. The van der Waals surface area contributed by atoms with Crippen molar-refractivity contribution < 1.29 is 0 Å². The maximum atomic E-state index is 2.26. The van der Waals surface area contributed by atoms with Crippen LogP contribution >= 0.6 is 23.5 Å². The molecule has 2 unspecified atom stereocenters. The summed E-state index contributed by atoms with van der Waals surface area (Å²) in [6, 6.07) is 21.9. The van der Waals surface area contributed by atoms with Crippen LogP contribution in [0.3, 0.4) is 0 Å². The van der Waals surface area contributed by atoms with Crippen molar-refractivity contribution in [3.8, 4) is 0 Å². The lowest BCUT2D eigenvalue weighted by molar-refractivity contribution is 0.905. The highest BCUT2D eigenvalue weighted by Gasteiger charge is 2.24. The van der Waals surface area contributed by atoms with Crippen LogP contribution in [0.2, 0.25) is 0 Å². The minimum absolute atomic E-state index is 0.522. The third-order valence-corrected chi connectivity index (χ3v) is 5.87. The summed E-state index contributed by atoms with van der Waals surface area (Å²) in [6.45, 7) is 4.50. The molecule has 0 aliphatic heterocycles. The average Bonchev–Trinajstić information content (AvgIpc) is 2.52. The molecule has 0 fully saturated rings. The number of hydrogen-bond acceptors (Lipinski definition) is 2. The third-order valence-electron chi connectivity index (χ3n) is 3.22. The highest BCUT2D eigenvalue weighted by Crippen LogP contribution is 2.47. The van der Waals surface area contributed by atoms with E-state index < -0.39 is 0 Å². The van der Waals surface area contributed by atoms with Crippen LogP contribution in [0.4, 0.5) is 0 Å². The molecule has 2 atom stereocenters. The monoisotopic (exact) mass is 302 g/mol. The second-order valence-electron chi connectivity index (χ2n) is 4.57. The summed E-state index contributed by atoms with van der Waals surface area (Å²) in [6.07, 6.45) is 0. The van der Waals surface area contributed by atoms with E-state index in [0.29, 0.717) is 10.5 Å². The van der Waals surface area contributed by atoms with Crippen LogP contribution in [0.15, 0.2) is 60.7 Å². The third kappa shape index (κ3) is 4.07. The van der Waals surface area contributed by atoms with Gasteiger partial charge in [0.1, 0.15) is 0 Å². The topological polar surface area (TPSA) is 0 Å². The van der Waals surface area contributed by atoms with Crippen molar-refractivity contribution in [2.24, 2.45) is 0 Å². The van der Waals surface area contributed by atoms with Gasteiger partial charge in [-0.15, -0.1) is 0 Å². The smallest absolute Gasteiger partial charge is 0.0456 e. The van der Waals surface area contributed by atoms with Gasteiger partial charge >= 0.3 is 0 Å². The van der Waals surface area contributed by atoms with E-state index in [1.54, 1.807) is 0 Å². The van der Waals surface area contributed by atoms with E-state index in [2.05, 4.69) is 98.0 Å². The molecule has 2 aromatic carbocycles. The standard InChI is InChI=1S/C18H22S2/c1-3-19-17(15-11-7-5-8-12-15)18(20-4-2)16-13-9-6-10-14-16/h5-14,17-18H,3-4H2,1-2H3. The first kappa shape index (κ1) is 15.5. The van der Waals surface area contributed by atoms with Gasteiger partial charge in [0.05, 0.1) is 0 Å². The maximum Gasteiger partial charge on any atom is 0.0456 e. The number of rotatable bonds is 7. The summed E-state index contributed by atoms with van der Waals surface area (Å²) in [5.74, 6) is 2.29. The van der Waals surface area contributed by atoms with Crippen LogP contribution in [0.1, 0.15) is 35.5 Å². The molecule has 106 valence electrons. The first-order valence-corrected chi connectivity index (χ1v) is 9.29. The molecular formula is C18H22S2. The van der Waals surface area contributed by atoms with Gasteiger partial charge in [-0.05, 0) is 22.6 Å². The van der Waals surface area contributed by atoms with E-state index in [4.69, 9.17) is 0 Å². The molecule has 0 saturated carbocycles. The molecular weight excluding hydrogens is 280 g/mol. The lowest BCUT2D eigenvalue weighted by Crippen LogP contribution is -2.06. The van der Waals surface area contributed by atoms with Crippen molar-refractivity contribution in [1.82, 2.24) is 0 Å². The summed E-state index contributed by atoms with van der Waals surface area (Å²) in [4.78, 5) is 0. The summed E-state index contributed by atoms with van der Waals surface area (Å²) in [5, 5.41) is 1.04. The van der Waals surface area contributed by atoms with E-state index in [-0.39, 0.29) is 0 Å². The summed E-state index contributed by atoms with van der Waals surface area (Å²) in [7, 11) is 0. The Kier molecular flexibility index (Phi) is 6.55. The van der Waals surface area contributed by atoms with Crippen LogP contribution in [0.25, 0.3) is 0 Å². The number of hydrogen-bond donors (Lipinski definition) is 0. The number of thioether (sulfide) groups is 2. The molecule has 0 saturated heterocycles. The molecule has 0 nitrogen and oxygen atoms in total. The lowest BCUT2D eigenvalue weighted by atomic mass is 10.0. The molecule has 0 spiro atoms. The van der Waals surface area contributed by atoms with Gasteiger partial charge < -0.3 is 0 Å². The fourth-order valence-corrected chi connectivity index (χ4v) is 4.91.